The van der Waals surface area contributed by atoms with Crippen LogP contribution in [0.5, 0.6) is 0 Å². The van der Waals surface area contributed by atoms with E-state index in [0.717, 1.165) is 19.3 Å². The van der Waals surface area contributed by atoms with Crippen LogP contribution in [0.4, 0.5) is 0 Å². The normalized spacial score (nSPS) is 15.8. The van der Waals surface area contributed by atoms with Crippen molar-refractivity contribution in [3.05, 3.63) is 58.9 Å². The molecule has 1 aromatic carbocycles. The Morgan fingerprint density at radius 2 is 1.56 bits per heavy atom. The van der Waals surface area contributed by atoms with Gasteiger partial charge in [-0.3, -0.25) is 4.79 Å². The fourth-order valence-electron chi connectivity index (χ4n) is 4.00. The highest BCUT2D eigenvalue weighted by atomic mass is 16.5. The molecule has 0 unspecified atom stereocenters. The van der Waals surface area contributed by atoms with Crippen molar-refractivity contribution in [3.8, 4) is 0 Å². The maximum Gasteiger partial charge on any atom is 0.340 e. The maximum atomic E-state index is 13.5. The first-order valence-electron chi connectivity index (χ1n) is 9.03. The van der Waals surface area contributed by atoms with Gasteiger partial charge in [0.15, 0.2) is 5.78 Å². The van der Waals surface area contributed by atoms with Crippen molar-refractivity contribution in [1.82, 2.24) is 4.98 Å². The van der Waals surface area contributed by atoms with E-state index in [2.05, 4.69) is 4.98 Å². The average molecular weight is 369 g/mol. The quantitative estimate of drug-likeness (QED) is 0.642. The second kappa shape index (κ2) is 7.78. The molecule has 0 radical (unpaired) electrons. The minimum atomic E-state index is -0.893. The van der Waals surface area contributed by atoms with Crippen LogP contribution < -0.4 is 0 Å². The second-order valence-electron chi connectivity index (χ2n) is 6.77. The third kappa shape index (κ3) is 3.27. The number of ether oxygens (including phenoxy) is 2. The summed E-state index contributed by atoms with van der Waals surface area (Å²) in [4.78, 5) is 41.3. The van der Waals surface area contributed by atoms with E-state index in [0.29, 0.717) is 24.1 Å². The summed E-state index contributed by atoms with van der Waals surface area (Å²) >= 11 is 0. The highest BCUT2D eigenvalue weighted by Crippen LogP contribution is 2.43. The van der Waals surface area contributed by atoms with E-state index in [9.17, 15) is 14.4 Å². The van der Waals surface area contributed by atoms with Gasteiger partial charge >= 0.3 is 11.9 Å². The Balaban J connectivity index is 2.19. The number of hydrogen-bond acceptors (Lipinski definition) is 5. The third-order valence-corrected chi connectivity index (χ3v) is 5.33. The molecule has 0 bridgehead atoms. The summed E-state index contributed by atoms with van der Waals surface area (Å²) < 4.78 is 9.71. The monoisotopic (exact) mass is 369 g/mol. The van der Waals surface area contributed by atoms with Crippen LogP contribution in [0.3, 0.4) is 0 Å². The van der Waals surface area contributed by atoms with Gasteiger partial charge in [0, 0.05) is 17.5 Å². The molecule has 1 fully saturated rings. The molecule has 0 saturated heterocycles. The number of aromatic amines is 1. The van der Waals surface area contributed by atoms with Crippen molar-refractivity contribution in [2.75, 3.05) is 14.2 Å². The molecule has 2 aromatic rings. The van der Waals surface area contributed by atoms with Crippen LogP contribution in [-0.4, -0.2) is 36.9 Å². The van der Waals surface area contributed by atoms with Crippen molar-refractivity contribution < 1.29 is 23.9 Å². The number of aromatic nitrogens is 1. The summed E-state index contributed by atoms with van der Waals surface area (Å²) in [5, 5.41) is 0. The molecule has 0 amide bonds. The number of nitrogens with one attached hydrogen (secondary N) is 1. The van der Waals surface area contributed by atoms with Crippen molar-refractivity contribution in [2.45, 2.75) is 37.5 Å². The molecule has 27 heavy (non-hydrogen) atoms. The summed E-state index contributed by atoms with van der Waals surface area (Å²) in [6, 6.07) is 9.05. The zero-order valence-corrected chi connectivity index (χ0v) is 15.5. The molecule has 1 aromatic heterocycles. The second-order valence-corrected chi connectivity index (χ2v) is 6.77. The van der Waals surface area contributed by atoms with Crippen LogP contribution in [0.2, 0.25) is 0 Å². The predicted molar refractivity (Wildman–Crippen MR) is 99.0 cm³/mol. The lowest BCUT2D eigenvalue weighted by molar-refractivity contribution is 0.0552. The van der Waals surface area contributed by atoms with E-state index in [4.69, 9.17) is 9.47 Å². The van der Waals surface area contributed by atoms with Crippen LogP contribution in [0, 0.1) is 0 Å². The molecule has 1 aliphatic rings. The van der Waals surface area contributed by atoms with E-state index in [-0.39, 0.29) is 16.9 Å². The largest absolute Gasteiger partial charge is 0.465 e. The summed E-state index contributed by atoms with van der Waals surface area (Å²) in [6.45, 7) is 0. The van der Waals surface area contributed by atoms with Crippen molar-refractivity contribution >= 4 is 17.7 Å². The fourth-order valence-corrected chi connectivity index (χ4v) is 4.00. The zero-order chi connectivity index (χ0) is 19.4. The van der Waals surface area contributed by atoms with E-state index < -0.39 is 17.4 Å². The van der Waals surface area contributed by atoms with Gasteiger partial charge in [0.05, 0.1) is 30.8 Å². The Morgan fingerprint density at radius 3 is 2.15 bits per heavy atom. The van der Waals surface area contributed by atoms with Gasteiger partial charge in [-0.2, -0.15) is 0 Å². The topological polar surface area (TPSA) is 85.5 Å². The zero-order valence-electron chi connectivity index (χ0n) is 15.5. The number of rotatable bonds is 5. The summed E-state index contributed by atoms with van der Waals surface area (Å²) in [6.07, 6.45) is 5.40. The maximum absolute atomic E-state index is 13.5. The summed E-state index contributed by atoms with van der Waals surface area (Å²) in [7, 11) is 2.51. The van der Waals surface area contributed by atoms with E-state index >= 15 is 0 Å². The number of methoxy groups -OCH3 is 2. The Morgan fingerprint density at radius 1 is 0.926 bits per heavy atom. The predicted octanol–water partition coefficient (Wildman–Crippen LogP) is 3.67. The van der Waals surface area contributed by atoms with Gasteiger partial charge in [-0.05, 0) is 12.8 Å². The lowest BCUT2D eigenvalue weighted by Gasteiger charge is -2.36. The van der Waals surface area contributed by atoms with Crippen molar-refractivity contribution in [3.63, 3.8) is 0 Å². The van der Waals surface area contributed by atoms with Gasteiger partial charge < -0.3 is 14.5 Å². The van der Waals surface area contributed by atoms with Gasteiger partial charge in [0.25, 0.3) is 0 Å². The molecule has 3 rings (SSSR count). The Bertz CT molecular complexity index is 847. The Kier molecular flexibility index (Phi) is 5.44. The fraction of sp³-hybridized carbons (Fsp3) is 0.381. The first-order chi connectivity index (χ1) is 13.0. The molecule has 1 aliphatic carbocycles. The van der Waals surface area contributed by atoms with Crippen LogP contribution in [0.15, 0.2) is 36.5 Å². The average Bonchev–Trinajstić information content (AvgIpc) is 3.19. The van der Waals surface area contributed by atoms with E-state index in [1.807, 2.05) is 18.2 Å². The smallest absolute Gasteiger partial charge is 0.340 e. The molecule has 1 saturated carbocycles. The van der Waals surface area contributed by atoms with E-state index in [1.54, 1.807) is 12.1 Å². The summed E-state index contributed by atoms with van der Waals surface area (Å²) in [5.41, 5.74) is 0.323. The third-order valence-electron chi connectivity index (χ3n) is 5.33. The minimum absolute atomic E-state index is 0.0498. The summed E-state index contributed by atoms with van der Waals surface area (Å²) in [5.74, 6) is -1.35. The van der Waals surface area contributed by atoms with Gasteiger partial charge in [-0.1, -0.05) is 49.6 Å². The van der Waals surface area contributed by atoms with Gasteiger partial charge in [0.2, 0.25) is 0 Å². The highest BCUT2D eigenvalue weighted by Gasteiger charge is 2.46. The molecule has 142 valence electrons. The number of carbonyl (C=O) groups excluding carboxylic acids is 3. The van der Waals surface area contributed by atoms with Gasteiger partial charge in [-0.25, -0.2) is 9.59 Å². The highest BCUT2D eigenvalue weighted by molar-refractivity contribution is 6.09. The number of H-pyrrole nitrogens is 1. The lowest BCUT2D eigenvalue weighted by Crippen LogP contribution is -2.40. The van der Waals surface area contributed by atoms with Crippen LogP contribution in [0.1, 0.15) is 68.9 Å². The first kappa shape index (κ1) is 18.9. The van der Waals surface area contributed by atoms with Crippen LogP contribution in [-0.2, 0) is 14.9 Å². The minimum Gasteiger partial charge on any atom is -0.465 e. The van der Waals surface area contributed by atoms with Crippen molar-refractivity contribution in [2.24, 2.45) is 0 Å². The molecule has 6 nitrogen and oxygen atoms in total. The van der Waals surface area contributed by atoms with Gasteiger partial charge in [-0.15, -0.1) is 0 Å². The molecule has 1 heterocycles. The number of benzene rings is 1. The Labute approximate surface area is 157 Å². The first-order valence-corrected chi connectivity index (χ1v) is 9.03. The molecule has 0 spiro atoms. The standard InChI is InChI=1S/C21H23NO5/c1-26-19(24)15-13-22-17(16(15)20(25)27-2)21(11-7-4-8-12-21)18(23)14-9-5-3-6-10-14/h3,5-6,9-10,13,22H,4,7-8,11-12H2,1-2H3. The molecule has 0 aliphatic heterocycles. The SMILES string of the molecule is COC(=O)c1c[nH]c(C2(C(=O)c3ccccc3)CCCCC2)c1C(=O)OC. The molecule has 0 atom stereocenters. The molecular formula is C21H23NO5. The van der Waals surface area contributed by atoms with Crippen LogP contribution >= 0.6 is 0 Å². The van der Waals surface area contributed by atoms with Gasteiger partial charge in [0.1, 0.15) is 0 Å². The number of carbonyl (C=O) groups is 3. The molecular weight excluding hydrogens is 346 g/mol. The number of hydrogen-bond donors (Lipinski definition) is 1. The number of esters is 2. The molecule has 1 N–H and O–H groups in total. The van der Waals surface area contributed by atoms with E-state index in [1.165, 1.54) is 20.4 Å². The van der Waals surface area contributed by atoms with Crippen molar-refractivity contribution in [1.29, 1.82) is 0 Å². The Hall–Kier alpha value is -2.89. The number of Topliss-reactive ketones (excluding diaryl/α,β-unsaturated/α-hetero) is 1. The molecule has 6 heteroatoms. The number of ketones is 1. The van der Waals surface area contributed by atoms with Crippen LogP contribution in [0.25, 0.3) is 0 Å². The lowest BCUT2D eigenvalue weighted by atomic mass is 9.66.